The Labute approximate surface area is 122 Å². The van der Waals surface area contributed by atoms with Crippen molar-refractivity contribution in [2.75, 3.05) is 13.1 Å². The lowest BCUT2D eigenvalue weighted by molar-refractivity contribution is 0.116. The maximum Gasteiger partial charge on any atom is 0.137 e. The smallest absolute Gasteiger partial charge is 0.137 e. The summed E-state index contributed by atoms with van der Waals surface area (Å²) in [7, 11) is 0. The first-order valence-corrected chi connectivity index (χ1v) is 7.35. The van der Waals surface area contributed by atoms with E-state index in [2.05, 4.69) is 33.8 Å². The van der Waals surface area contributed by atoms with Crippen molar-refractivity contribution in [3.63, 3.8) is 0 Å². The number of halogens is 2. The van der Waals surface area contributed by atoms with Gasteiger partial charge in [0.05, 0.1) is 10.5 Å². The SMILES string of the molecule is CC1(CC#N)CCN(Cc2ccc(Br)c(F)c2)CC1. The fourth-order valence-corrected chi connectivity index (χ4v) is 2.76. The van der Waals surface area contributed by atoms with E-state index in [4.69, 9.17) is 5.26 Å². The Kier molecular flexibility index (Phi) is 4.59. The van der Waals surface area contributed by atoms with Crippen molar-refractivity contribution in [2.24, 2.45) is 5.41 Å². The predicted octanol–water partition coefficient (Wildman–Crippen LogP) is 4.10. The zero-order valence-corrected chi connectivity index (χ0v) is 12.7. The molecule has 1 aliphatic heterocycles. The van der Waals surface area contributed by atoms with Gasteiger partial charge in [0.2, 0.25) is 0 Å². The summed E-state index contributed by atoms with van der Waals surface area (Å²) in [5.74, 6) is -0.205. The summed E-state index contributed by atoms with van der Waals surface area (Å²) in [5.41, 5.74) is 1.17. The van der Waals surface area contributed by atoms with Gasteiger partial charge in [-0.2, -0.15) is 5.26 Å². The van der Waals surface area contributed by atoms with E-state index in [1.165, 1.54) is 0 Å². The highest BCUT2D eigenvalue weighted by molar-refractivity contribution is 9.10. The third kappa shape index (κ3) is 3.77. The molecule has 0 saturated carbocycles. The van der Waals surface area contributed by atoms with Gasteiger partial charge in [0.1, 0.15) is 5.82 Å². The number of rotatable bonds is 3. The third-order valence-electron chi connectivity index (χ3n) is 3.96. The molecule has 1 heterocycles. The standard InChI is InChI=1S/C15H18BrFN2/c1-15(4-7-18)5-8-19(9-6-15)11-12-2-3-13(16)14(17)10-12/h2-3,10H,4-6,8-9,11H2,1H3. The zero-order valence-electron chi connectivity index (χ0n) is 11.1. The van der Waals surface area contributed by atoms with Gasteiger partial charge in [-0.05, 0) is 65.0 Å². The minimum Gasteiger partial charge on any atom is -0.299 e. The first-order valence-electron chi connectivity index (χ1n) is 6.56. The summed E-state index contributed by atoms with van der Waals surface area (Å²) in [6.07, 6.45) is 2.72. The lowest BCUT2D eigenvalue weighted by Gasteiger charge is -2.38. The monoisotopic (exact) mass is 324 g/mol. The molecule has 0 bridgehead atoms. The molecule has 0 aromatic heterocycles. The van der Waals surface area contributed by atoms with Crippen molar-refractivity contribution in [1.82, 2.24) is 4.90 Å². The van der Waals surface area contributed by atoms with Crippen molar-refractivity contribution in [3.05, 3.63) is 34.1 Å². The maximum absolute atomic E-state index is 13.5. The van der Waals surface area contributed by atoms with Crippen LogP contribution in [0.3, 0.4) is 0 Å². The highest BCUT2D eigenvalue weighted by Crippen LogP contribution is 2.34. The number of piperidine rings is 1. The Hall–Kier alpha value is -0.920. The second-order valence-corrected chi connectivity index (χ2v) is 6.52. The number of benzene rings is 1. The van der Waals surface area contributed by atoms with Crippen LogP contribution in [0, 0.1) is 22.6 Å². The molecule has 1 aromatic rings. The van der Waals surface area contributed by atoms with Crippen LogP contribution in [-0.2, 0) is 6.54 Å². The van der Waals surface area contributed by atoms with Gasteiger partial charge in [-0.25, -0.2) is 4.39 Å². The highest BCUT2D eigenvalue weighted by Gasteiger charge is 2.29. The van der Waals surface area contributed by atoms with Crippen molar-refractivity contribution in [1.29, 1.82) is 5.26 Å². The fourth-order valence-electron chi connectivity index (χ4n) is 2.51. The Balaban J connectivity index is 1.92. The molecule has 1 aliphatic rings. The molecule has 2 rings (SSSR count). The molecule has 2 nitrogen and oxygen atoms in total. The fraction of sp³-hybridized carbons (Fsp3) is 0.533. The van der Waals surface area contributed by atoms with Crippen LogP contribution in [0.1, 0.15) is 31.7 Å². The molecular weight excluding hydrogens is 307 g/mol. The van der Waals surface area contributed by atoms with Crippen LogP contribution in [-0.4, -0.2) is 18.0 Å². The zero-order chi connectivity index (χ0) is 13.9. The average molecular weight is 325 g/mol. The molecule has 0 spiro atoms. The quantitative estimate of drug-likeness (QED) is 0.836. The summed E-state index contributed by atoms with van der Waals surface area (Å²) in [6.45, 7) is 4.94. The van der Waals surface area contributed by atoms with E-state index in [1.807, 2.05) is 6.07 Å². The molecule has 0 N–H and O–H groups in total. The van der Waals surface area contributed by atoms with Crippen LogP contribution >= 0.6 is 15.9 Å². The van der Waals surface area contributed by atoms with E-state index >= 15 is 0 Å². The second kappa shape index (κ2) is 6.02. The molecule has 1 saturated heterocycles. The minimum absolute atomic E-state index is 0.163. The lowest BCUT2D eigenvalue weighted by atomic mass is 9.78. The Morgan fingerprint density at radius 1 is 1.42 bits per heavy atom. The molecule has 0 amide bonds. The average Bonchev–Trinajstić information content (AvgIpc) is 2.37. The van der Waals surface area contributed by atoms with E-state index in [0.717, 1.165) is 38.0 Å². The Bertz CT molecular complexity index is 487. The van der Waals surface area contributed by atoms with Crippen LogP contribution in [0.4, 0.5) is 4.39 Å². The number of nitriles is 1. The third-order valence-corrected chi connectivity index (χ3v) is 4.60. The predicted molar refractivity (Wildman–Crippen MR) is 76.9 cm³/mol. The number of hydrogen-bond donors (Lipinski definition) is 0. The van der Waals surface area contributed by atoms with Crippen molar-refractivity contribution >= 4 is 15.9 Å². The normalized spacial score (nSPS) is 19.1. The molecule has 0 radical (unpaired) electrons. The van der Waals surface area contributed by atoms with Gasteiger partial charge >= 0.3 is 0 Å². The minimum atomic E-state index is -0.205. The van der Waals surface area contributed by atoms with Crippen molar-refractivity contribution < 1.29 is 4.39 Å². The summed E-state index contributed by atoms with van der Waals surface area (Å²) in [6, 6.07) is 7.59. The molecule has 1 fully saturated rings. The van der Waals surface area contributed by atoms with E-state index in [-0.39, 0.29) is 11.2 Å². The topological polar surface area (TPSA) is 27.0 Å². The van der Waals surface area contributed by atoms with E-state index in [9.17, 15) is 4.39 Å². The van der Waals surface area contributed by atoms with Crippen molar-refractivity contribution in [2.45, 2.75) is 32.7 Å². The van der Waals surface area contributed by atoms with E-state index < -0.39 is 0 Å². The van der Waals surface area contributed by atoms with Crippen LogP contribution in [0.2, 0.25) is 0 Å². The van der Waals surface area contributed by atoms with Gasteiger partial charge in [-0.3, -0.25) is 4.90 Å². The number of nitrogens with zero attached hydrogens (tertiary/aromatic N) is 2. The molecule has 102 valence electrons. The largest absolute Gasteiger partial charge is 0.299 e. The summed E-state index contributed by atoms with van der Waals surface area (Å²) >= 11 is 3.17. The van der Waals surface area contributed by atoms with Crippen LogP contribution in [0.15, 0.2) is 22.7 Å². The first-order chi connectivity index (χ1) is 9.02. The summed E-state index contributed by atoms with van der Waals surface area (Å²) < 4.78 is 14.0. The van der Waals surface area contributed by atoms with Gasteiger partial charge in [-0.1, -0.05) is 13.0 Å². The molecule has 1 aromatic carbocycles. The van der Waals surface area contributed by atoms with Gasteiger partial charge in [0, 0.05) is 13.0 Å². The molecule has 0 aliphatic carbocycles. The van der Waals surface area contributed by atoms with Gasteiger partial charge in [0.15, 0.2) is 0 Å². The van der Waals surface area contributed by atoms with Crippen molar-refractivity contribution in [3.8, 4) is 6.07 Å². The summed E-state index contributed by atoms with van der Waals surface area (Å²) in [4.78, 5) is 2.34. The molecular formula is C15H18BrFN2. The van der Waals surface area contributed by atoms with Gasteiger partial charge < -0.3 is 0 Å². The first kappa shape index (κ1) is 14.5. The van der Waals surface area contributed by atoms with Gasteiger partial charge in [0.25, 0.3) is 0 Å². The number of likely N-dealkylation sites (tertiary alicyclic amines) is 1. The number of hydrogen-bond acceptors (Lipinski definition) is 2. The molecule has 0 atom stereocenters. The van der Waals surface area contributed by atoms with Crippen LogP contribution in [0.25, 0.3) is 0 Å². The van der Waals surface area contributed by atoms with Crippen LogP contribution in [0.5, 0.6) is 0 Å². The molecule has 4 heteroatoms. The Morgan fingerprint density at radius 3 is 2.68 bits per heavy atom. The van der Waals surface area contributed by atoms with Gasteiger partial charge in [-0.15, -0.1) is 0 Å². The molecule has 0 unspecified atom stereocenters. The van der Waals surface area contributed by atoms with E-state index in [0.29, 0.717) is 10.9 Å². The second-order valence-electron chi connectivity index (χ2n) is 5.67. The summed E-state index contributed by atoms with van der Waals surface area (Å²) in [5, 5.41) is 8.83. The van der Waals surface area contributed by atoms with Crippen LogP contribution < -0.4 is 0 Å². The molecule has 19 heavy (non-hydrogen) atoms. The highest BCUT2D eigenvalue weighted by atomic mass is 79.9. The lowest BCUT2D eigenvalue weighted by Crippen LogP contribution is -2.38. The Morgan fingerprint density at radius 2 is 2.11 bits per heavy atom. The van der Waals surface area contributed by atoms with E-state index in [1.54, 1.807) is 12.1 Å². The maximum atomic E-state index is 13.5.